The SMILES string of the molecule is BrC12CC3CC1[C@H]2C3. The van der Waals surface area contributed by atoms with Crippen LogP contribution in [0.15, 0.2) is 0 Å². The van der Waals surface area contributed by atoms with E-state index in [1.54, 1.807) is 12.8 Å². The lowest BCUT2D eigenvalue weighted by Gasteiger charge is -1.94. The van der Waals surface area contributed by atoms with Crippen LogP contribution in [0.1, 0.15) is 19.3 Å². The first kappa shape index (κ1) is 4.32. The summed E-state index contributed by atoms with van der Waals surface area (Å²) in [4.78, 5) is 0. The molecule has 4 atom stereocenters. The van der Waals surface area contributed by atoms with E-state index in [-0.39, 0.29) is 0 Å². The molecule has 0 aromatic carbocycles. The van der Waals surface area contributed by atoms with Crippen molar-refractivity contribution in [1.29, 1.82) is 0 Å². The maximum Gasteiger partial charge on any atom is 0.0323 e. The van der Waals surface area contributed by atoms with E-state index in [1.807, 2.05) is 0 Å². The van der Waals surface area contributed by atoms with Crippen molar-refractivity contribution in [3.63, 3.8) is 0 Å². The first-order chi connectivity index (χ1) is 3.81. The van der Waals surface area contributed by atoms with Crippen molar-refractivity contribution in [1.82, 2.24) is 0 Å². The van der Waals surface area contributed by atoms with Crippen molar-refractivity contribution in [3.8, 4) is 0 Å². The van der Waals surface area contributed by atoms with Crippen LogP contribution in [0.4, 0.5) is 0 Å². The molecule has 44 valence electrons. The lowest BCUT2D eigenvalue weighted by molar-refractivity contribution is 0.605. The minimum atomic E-state index is 0.706. The Morgan fingerprint density at radius 1 is 1.25 bits per heavy atom. The smallest absolute Gasteiger partial charge is 0.0323 e. The lowest BCUT2D eigenvalue weighted by Crippen LogP contribution is -1.91. The maximum absolute atomic E-state index is 3.82. The third-order valence-corrected chi connectivity index (χ3v) is 4.89. The van der Waals surface area contributed by atoms with Crippen LogP contribution in [0, 0.1) is 17.8 Å². The predicted octanol–water partition coefficient (Wildman–Crippen LogP) is 2.18. The summed E-state index contributed by atoms with van der Waals surface area (Å²) in [7, 11) is 0. The topological polar surface area (TPSA) is 0 Å². The molecule has 4 rings (SSSR count). The molecule has 4 saturated carbocycles. The Labute approximate surface area is 57.8 Å². The monoisotopic (exact) mass is 172 g/mol. The molecule has 1 heteroatoms. The van der Waals surface area contributed by atoms with E-state index in [4.69, 9.17) is 0 Å². The van der Waals surface area contributed by atoms with Gasteiger partial charge in [0.15, 0.2) is 0 Å². The summed E-state index contributed by atoms with van der Waals surface area (Å²) in [6.45, 7) is 0. The van der Waals surface area contributed by atoms with E-state index in [0.29, 0.717) is 4.32 Å². The standard InChI is InChI=1S/C7H9Br/c8-7-3-4-1-5(7)6(7)2-4/h4-6H,1-3H2/t4?,5-,6?,7?/m1/s1. The summed E-state index contributed by atoms with van der Waals surface area (Å²) in [5.74, 6) is 3.37. The molecule has 0 aromatic heterocycles. The van der Waals surface area contributed by atoms with Gasteiger partial charge in [-0.15, -0.1) is 0 Å². The van der Waals surface area contributed by atoms with Gasteiger partial charge >= 0.3 is 0 Å². The van der Waals surface area contributed by atoms with Crippen LogP contribution >= 0.6 is 15.9 Å². The van der Waals surface area contributed by atoms with E-state index < -0.39 is 0 Å². The molecule has 0 saturated heterocycles. The van der Waals surface area contributed by atoms with Gasteiger partial charge < -0.3 is 0 Å². The first-order valence-electron chi connectivity index (χ1n) is 3.49. The van der Waals surface area contributed by atoms with Crippen LogP contribution in [-0.4, -0.2) is 4.32 Å². The van der Waals surface area contributed by atoms with Crippen molar-refractivity contribution in [2.45, 2.75) is 23.6 Å². The van der Waals surface area contributed by atoms with Gasteiger partial charge in [0.2, 0.25) is 0 Å². The van der Waals surface area contributed by atoms with Crippen LogP contribution in [-0.2, 0) is 0 Å². The number of rotatable bonds is 0. The second-order valence-electron chi connectivity index (χ2n) is 3.68. The Kier molecular flexibility index (Phi) is 0.497. The van der Waals surface area contributed by atoms with Gasteiger partial charge in [-0.2, -0.15) is 0 Å². The fourth-order valence-electron chi connectivity index (χ4n) is 3.01. The van der Waals surface area contributed by atoms with Gasteiger partial charge in [0.05, 0.1) is 0 Å². The Morgan fingerprint density at radius 2 is 1.88 bits per heavy atom. The Morgan fingerprint density at radius 3 is 2.00 bits per heavy atom. The molecule has 0 aromatic rings. The first-order valence-corrected chi connectivity index (χ1v) is 4.29. The van der Waals surface area contributed by atoms with Crippen molar-refractivity contribution in [3.05, 3.63) is 0 Å². The van der Waals surface area contributed by atoms with Crippen molar-refractivity contribution in [2.24, 2.45) is 17.8 Å². The van der Waals surface area contributed by atoms with Gasteiger partial charge in [-0.05, 0) is 37.0 Å². The highest BCUT2D eigenvalue weighted by molar-refractivity contribution is 9.10. The molecule has 0 nitrogen and oxygen atoms in total. The fraction of sp³-hybridized carbons (Fsp3) is 1.00. The summed E-state index contributed by atoms with van der Waals surface area (Å²) < 4.78 is 0.706. The van der Waals surface area contributed by atoms with Gasteiger partial charge in [0.1, 0.15) is 0 Å². The lowest BCUT2D eigenvalue weighted by atomic mass is 10.1. The number of hydrogen-bond acceptors (Lipinski definition) is 0. The average Bonchev–Trinajstić information content (AvgIpc) is 2.11. The normalized spacial score (nSPS) is 73.9. The van der Waals surface area contributed by atoms with Crippen LogP contribution in [0.3, 0.4) is 0 Å². The molecule has 0 heterocycles. The van der Waals surface area contributed by atoms with Crippen LogP contribution < -0.4 is 0 Å². The summed E-state index contributed by atoms with van der Waals surface area (Å²) in [6.07, 6.45) is 4.61. The van der Waals surface area contributed by atoms with Crippen LogP contribution in [0.2, 0.25) is 0 Å². The third-order valence-electron chi connectivity index (χ3n) is 3.39. The molecule has 0 radical (unpaired) electrons. The van der Waals surface area contributed by atoms with Gasteiger partial charge in [0, 0.05) is 4.32 Å². The summed E-state index contributed by atoms with van der Waals surface area (Å²) >= 11 is 3.82. The van der Waals surface area contributed by atoms with E-state index in [9.17, 15) is 0 Å². The van der Waals surface area contributed by atoms with E-state index in [1.165, 1.54) is 6.42 Å². The zero-order chi connectivity index (χ0) is 5.35. The summed E-state index contributed by atoms with van der Waals surface area (Å²) in [5, 5.41) is 0. The highest BCUT2D eigenvalue weighted by atomic mass is 79.9. The molecule has 4 aliphatic rings. The van der Waals surface area contributed by atoms with E-state index in [0.717, 1.165) is 17.8 Å². The Balaban J connectivity index is 2.16. The molecule has 0 aliphatic heterocycles. The second-order valence-corrected chi connectivity index (χ2v) is 5.16. The zero-order valence-corrected chi connectivity index (χ0v) is 6.32. The van der Waals surface area contributed by atoms with Gasteiger partial charge in [-0.1, -0.05) is 15.9 Å². The largest absolute Gasteiger partial charge is 0.0847 e. The van der Waals surface area contributed by atoms with Crippen molar-refractivity contribution in [2.75, 3.05) is 0 Å². The highest BCUT2D eigenvalue weighted by Crippen LogP contribution is 2.77. The third kappa shape index (κ3) is 0.258. The van der Waals surface area contributed by atoms with Crippen molar-refractivity contribution < 1.29 is 0 Å². The molecule has 0 amide bonds. The molecular weight excluding hydrogens is 164 g/mol. The summed E-state index contributed by atoms with van der Waals surface area (Å²) in [5.41, 5.74) is 0. The quantitative estimate of drug-likeness (QED) is 0.492. The van der Waals surface area contributed by atoms with E-state index in [2.05, 4.69) is 15.9 Å². The highest BCUT2D eigenvalue weighted by Gasteiger charge is 2.73. The molecule has 0 N–H and O–H groups in total. The summed E-state index contributed by atoms with van der Waals surface area (Å²) in [6, 6.07) is 0. The number of hydrogen-bond donors (Lipinski definition) is 0. The fourth-order valence-corrected chi connectivity index (χ4v) is 4.35. The van der Waals surface area contributed by atoms with Crippen LogP contribution in [0.5, 0.6) is 0 Å². The molecule has 3 unspecified atom stereocenters. The Hall–Kier alpha value is 0.480. The zero-order valence-electron chi connectivity index (χ0n) is 4.73. The minimum Gasteiger partial charge on any atom is -0.0847 e. The molecule has 0 spiro atoms. The average molecular weight is 173 g/mol. The number of halogens is 1. The Bertz CT molecular complexity index is 140. The second kappa shape index (κ2) is 0.920. The van der Waals surface area contributed by atoms with Crippen LogP contribution in [0.25, 0.3) is 0 Å². The van der Waals surface area contributed by atoms with E-state index >= 15 is 0 Å². The van der Waals surface area contributed by atoms with Gasteiger partial charge in [-0.25, -0.2) is 0 Å². The van der Waals surface area contributed by atoms with Gasteiger partial charge in [-0.3, -0.25) is 0 Å². The number of alkyl halides is 1. The van der Waals surface area contributed by atoms with Gasteiger partial charge in [0.25, 0.3) is 0 Å². The predicted molar refractivity (Wildman–Crippen MR) is 36.0 cm³/mol. The molecular formula is C7H9Br. The minimum absolute atomic E-state index is 0.706. The molecule has 4 bridgehead atoms. The molecule has 8 heavy (non-hydrogen) atoms. The maximum atomic E-state index is 3.82. The molecule has 4 fully saturated rings. The molecule has 4 aliphatic carbocycles. The van der Waals surface area contributed by atoms with Crippen molar-refractivity contribution >= 4 is 15.9 Å².